The molecule has 0 bridgehead atoms. The van der Waals surface area contributed by atoms with E-state index in [-0.39, 0.29) is 11.6 Å². The predicted octanol–water partition coefficient (Wildman–Crippen LogP) is 3.16. The highest BCUT2D eigenvalue weighted by Crippen LogP contribution is 2.20. The summed E-state index contributed by atoms with van der Waals surface area (Å²) in [7, 11) is 0. The van der Waals surface area contributed by atoms with Crippen molar-refractivity contribution < 1.29 is 9.72 Å². The van der Waals surface area contributed by atoms with Crippen LogP contribution in [0, 0.1) is 24.0 Å². The van der Waals surface area contributed by atoms with E-state index in [4.69, 9.17) is 0 Å². The molecule has 0 saturated carbocycles. The molecule has 0 aliphatic heterocycles. The minimum atomic E-state index is -0.511. The van der Waals surface area contributed by atoms with E-state index in [0.29, 0.717) is 5.56 Å². The minimum Gasteiger partial charge on any atom is -0.373 e. The van der Waals surface area contributed by atoms with Crippen LogP contribution in [0.25, 0.3) is 0 Å². The van der Waals surface area contributed by atoms with E-state index in [9.17, 15) is 14.9 Å². The number of carbonyl (C=O) groups excluding carboxylic acids is 1. The summed E-state index contributed by atoms with van der Waals surface area (Å²) in [5.41, 5.74) is 5.66. The highest BCUT2D eigenvalue weighted by Gasteiger charge is 2.14. The fourth-order valence-corrected chi connectivity index (χ4v) is 2.35. The number of nitrogens with one attached hydrogen (secondary N) is 2. The summed E-state index contributed by atoms with van der Waals surface area (Å²) in [6.07, 6.45) is 1.27. The molecular formula is C18H20N4O3. The maximum Gasteiger partial charge on any atom is 0.278 e. The SMILES string of the molecule is Cc1cccc(C)c1N[C@@H](C)C(=O)NN=Cc1ccccc1[N+](=O)[O-]. The highest BCUT2D eigenvalue weighted by molar-refractivity contribution is 5.88. The summed E-state index contributed by atoms with van der Waals surface area (Å²) in [6.45, 7) is 5.65. The van der Waals surface area contributed by atoms with E-state index in [2.05, 4.69) is 15.8 Å². The first-order valence-corrected chi connectivity index (χ1v) is 7.79. The van der Waals surface area contributed by atoms with Gasteiger partial charge in [0, 0.05) is 11.8 Å². The Morgan fingerprint density at radius 2 is 1.80 bits per heavy atom. The van der Waals surface area contributed by atoms with Gasteiger partial charge in [0.05, 0.1) is 16.7 Å². The molecule has 2 rings (SSSR count). The molecule has 0 aliphatic carbocycles. The number of rotatable bonds is 6. The van der Waals surface area contributed by atoms with Gasteiger partial charge in [-0.05, 0) is 38.0 Å². The van der Waals surface area contributed by atoms with Crippen molar-refractivity contribution in [2.75, 3.05) is 5.32 Å². The van der Waals surface area contributed by atoms with E-state index in [1.54, 1.807) is 25.1 Å². The van der Waals surface area contributed by atoms with Crippen LogP contribution in [0.4, 0.5) is 11.4 Å². The normalized spacial score (nSPS) is 12.0. The topological polar surface area (TPSA) is 96.6 Å². The Bertz CT molecular complexity index is 797. The van der Waals surface area contributed by atoms with Crippen molar-refractivity contribution in [3.63, 3.8) is 0 Å². The first-order valence-electron chi connectivity index (χ1n) is 7.79. The average molecular weight is 340 g/mol. The first kappa shape index (κ1) is 18.1. The van der Waals surface area contributed by atoms with E-state index in [0.717, 1.165) is 16.8 Å². The van der Waals surface area contributed by atoms with Crippen LogP contribution in [0.1, 0.15) is 23.6 Å². The molecule has 130 valence electrons. The summed E-state index contributed by atoms with van der Waals surface area (Å²) in [6, 6.07) is 11.6. The van der Waals surface area contributed by atoms with Gasteiger partial charge in [-0.2, -0.15) is 5.10 Å². The lowest BCUT2D eigenvalue weighted by Crippen LogP contribution is -2.35. The van der Waals surface area contributed by atoms with Crippen molar-refractivity contribution in [2.24, 2.45) is 5.10 Å². The van der Waals surface area contributed by atoms with E-state index >= 15 is 0 Å². The number of carbonyl (C=O) groups is 1. The Balaban J connectivity index is 2.02. The fraction of sp³-hybridized carbons (Fsp3) is 0.222. The lowest BCUT2D eigenvalue weighted by molar-refractivity contribution is -0.385. The standard InChI is InChI=1S/C18H20N4O3/c1-12-7-6-8-13(2)17(12)20-14(3)18(23)21-19-11-15-9-4-5-10-16(15)22(24)25/h4-11,14,20H,1-3H3,(H,21,23)/t14-/m0/s1. The number of nitro benzene ring substituents is 1. The predicted molar refractivity (Wildman–Crippen MR) is 97.8 cm³/mol. The molecule has 0 aliphatic rings. The Hall–Kier alpha value is -3.22. The molecule has 0 spiro atoms. The largest absolute Gasteiger partial charge is 0.373 e. The highest BCUT2D eigenvalue weighted by atomic mass is 16.6. The molecule has 0 fully saturated rings. The lowest BCUT2D eigenvalue weighted by atomic mass is 10.1. The smallest absolute Gasteiger partial charge is 0.278 e. The molecule has 0 radical (unpaired) electrons. The van der Waals surface area contributed by atoms with Crippen molar-refractivity contribution in [1.82, 2.24) is 5.43 Å². The van der Waals surface area contributed by atoms with Crippen LogP contribution in [0.3, 0.4) is 0 Å². The van der Waals surface area contributed by atoms with Gasteiger partial charge in [0.1, 0.15) is 6.04 Å². The van der Waals surface area contributed by atoms with Crippen molar-refractivity contribution in [3.8, 4) is 0 Å². The molecule has 2 N–H and O–H groups in total. The number of hydrogen-bond donors (Lipinski definition) is 2. The maximum atomic E-state index is 12.2. The third kappa shape index (κ3) is 4.63. The van der Waals surface area contributed by atoms with Gasteiger partial charge in [0.2, 0.25) is 0 Å². The molecule has 0 aromatic heterocycles. The van der Waals surface area contributed by atoms with Gasteiger partial charge in [-0.25, -0.2) is 5.43 Å². The summed E-state index contributed by atoms with van der Waals surface area (Å²) in [5.74, 6) is -0.336. The summed E-state index contributed by atoms with van der Waals surface area (Å²) < 4.78 is 0. The summed E-state index contributed by atoms with van der Waals surface area (Å²) >= 11 is 0. The van der Waals surface area contributed by atoms with E-state index < -0.39 is 11.0 Å². The zero-order chi connectivity index (χ0) is 18.4. The Morgan fingerprint density at radius 1 is 1.16 bits per heavy atom. The molecule has 7 nitrogen and oxygen atoms in total. The number of aryl methyl sites for hydroxylation is 2. The lowest BCUT2D eigenvalue weighted by Gasteiger charge is -2.17. The van der Waals surface area contributed by atoms with Crippen molar-refractivity contribution >= 4 is 23.5 Å². The molecule has 0 unspecified atom stereocenters. The molecule has 25 heavy (non-hydrogen) atoms. The van der Waals surface area contributed by atoms with Crippen LogP contribution < -0.4 is 10.7 Å². The van der Waals surface area contributed by atoms with Gasteiger partial charge >= 0.3 is 0 Å². The van der Waals surface area contributed by atoms with E-state index in [1.807, 2.05) is 32.0 Å². The van der Waals surface area contributed by atoms with Crippen LogP contribution >= 0.6 is 0 Å². The molecule has 7 heteroatoms. The fourth-order valence-electron chi connectivity index (χ4n) is 2.35. The van der Waals surface area contributed by atoms with Crippen LogP contribution in [0.2, 0.25) is 0 Å². The second kappa shape index (κ2) is 8.05. The average Bonchev–Trinajstić information content (AvgIpc) is 2.58. The van der Waals surface area contributed by atoms with Gasteiger partial charge < -0.3 is 5.32 Å². The third-order valence-electron chi connectivity index (χ3n) is 3.75. The van der Waals surface area contributed by atoms with Gasteiger partial charge in [-0.15, -0.1) is 0 Å². The maximum absolute atomic E-state index is 12.2. The van der Waals surface area contributed by atoms with Gasteiger partial charge in [-0.3, -0.25) is 14.9 Å². The van der Waals surface area contributed by atoms with Crippen LogP contribution in [0.5, 0.6) is 0 Å². The molecule has 0 heterocycles. The Kier molecular flexibility index (Phi) is 5.84. The van der Waals surface area contributed by atoms with E-state index in [1.165, 1.54) is 12.3 Å². The van der Waals surface area contributed by atoms with Crippen molar-refractivity contribution in [2.45, 2.75) is 26.8 Å². The minimum absolute atomic E-state index is 0.0674. The number of hydrogen-bond acceptors (Lipinski definition) is 5. The molecule has 2 aromatic carbocycles. The molecule has 1 amide bonds. The van der Waals surface area contributed by atoms with Gasteiger partial charge in [0.25, 0.3) is 11.6 Å². The van der Waals surface area contributed by atoms with Crippen molar-refractivity contribution in [1.29, 1.82) is 0 Å². The Labute approximate surface area is 145 Å². The van der Waals surface area contributed by atoms with Crippen LogP contribution in [-0.4, -0.2) is 23.1 Å². The molecule has 1 atom stereocenters. The monoisotopic (exact) mass is 340 g/mol. The third-order valence-corrected chi connectivity index (χ3v) is 3.75. The molecule has 0 saturated heterocycles. The van der Waals surface area contributed by atoms with Crippen LogP contribution in [0.15, 0.2) is 47.6 Å². The zero-order valence-electron chi connectivity index (χ0n) is 14.3. The van der Waals surface area contributed by atoms with Gasteiger partial charge in [0.15, 0.2) is 0 Å². The molecular weight excluding hydrogens is 320 g/mol. The second-order valence-corrected chi connectivity index (χ2v) is 5.68. The molecule has 2 aromatic rings. The Morgan fingerprint density at radius 3 is 2.44 bits per heavy atom. The van der Waals surface area contributed by atoms with Crippen LogP contribution in [-0.2, 0) is 4.79 Å². The number of nitrogens with zero attached hydrogens (tertiary/aromatic N) is 2. The van der Waals surface area contributed by atoms with Crippen molar-refractivity contribution in [3.05, 3.63) is 69.3 Å². The summed E-state index contributed by atoms with van der Waals surface area (Å²) in [4.78, 5) is 22.6. The first-order chi connectivity index (χ1) is 11.9. The number of hydrazone groups is 1. The number of amides is 1. The number of para-hydroxylation sites is 2. The number of nitro groups is 1. The second-order valence-electron chi connectivity index (χ2n) is 5.68. The quantitative estimate of drug-likeness (QED) is 0.479. The zero-order valence-corrected chi connectivity index (χ0v) is 14.3. The number of anilines is 1. The summed E-state index contributed by atoms with van der Waals surface area (Å²) in [5, 5.41) is 17.9. The number of benzene rings is 2. The van der Waals surface area contributed by atoms with Gasteiger partial charge in [-0.1, -0.05) is 30.3 Å².